The molecule has 2 aromatic rings. The van der Waals surface area contributed by atoms with Gasteiger partial charge in [-0.15, -0.1) is 11.3 Å². The van der Waals surface area contributed by atoms with Crippen molar-refractivity contribution in [1.82, 2.24) is 0 Å². The molecule has 0 aliphatic rings. The number of rotatable bonds is 3. The van der Waals surface area contributed by atoms with Crippen LogP contribution in [0, 0.1) is 5.82 Å². The number of primary amides is 1. The van der Waals surface area contributed by atoms with Crippen LogP contribution in [0.1, 0.15) is 15.2 Å². The maximum Gasteiger partial charge on any atom is 0.287 e. The van der Waals surface area contributed by atoms with Crippen molar-refractivity contribution in [2.45, 2.75) is 0 Å². The zero-order chi connectivity index (χ0) is 16.8. The molecule has 0 fully saturated rings. The van der Waals surface area contributed by atoms with Crippen molar-refractivity contribution in [3.05, 3.63) is 61.9 Å². The third-order valence-corrected chi connectivity index (χ3v) is 4.12. The molecule has 1 heterocycles. The fourth-order valence-corrected chi connectivity index (χ4v) is 2.80. The van der Waals surface area contributed by atoms with Gasteiger partial charge in [0, 0.05) is 9.35 Å². The van der Waals surface area contributed by atoms with E-state index in [1.54, 1.807) is 12.1 Å². The molecule has 2 rings (SSSR count). The minimum atomic E-state index is -3.97. The normalized spacial score (nSPS) is 11.0. The van der Waals surface area contributed by atoms with Gasteiger partial charge in [-0.05, 0) is 51.7 Å². The maximum atomic E-state index is 12.4. The predicted molar refractivity (Wildman–Crippen MR) is 87.5 cm³/mol. The van der Waals surface area contributed by atoms with E-state index in [-0.39, 0.29) is 5.56 Å². The summed E-state index contributed by atoms with van der Waals surface area (Å²) in [5, 5.41) is 2.59. The second-order valence-electron chi connectivity index (χ2n) is 3.82. The van der Waals surface area contributed by atoms with E-state index in [0.29, 0.717) is 4.47 Å². The van der Waals surface area contributed by atoms with Crippen LogP contribution in [0.2, 0.25) is 0 Å². The van der Waals surface area contributed by atoms with E-state index in [4.69, 9.17) is 10.3 Å². The topological polar surface area (TPSA) is 97.5 Å². The fourth-order valence-electron chi connectivity index (χ4n) is 1.23. The smallest absolute Gasteiger partial charge is 0.287 e. The van der Waals surface area contributed by atoms with E-state index in [1.165, 1.54) is 35.6 Å². The highest BCUT2D eigenvalue weighted by atomic mass is 79.9. The molecule has 0 radical (unpaired) electrons. The highest BCUT2D eigenvalue weighted by molar-refractivity contribution is 9.10. The van der Waals surface area contributed by atoms with Gasteiger partial charge in [-0.2, -0.15) is 8.42 Å². The number of carbonyl (C=O) groups is 1. The summed E-state index contributed by atoms with van der Waals surface area (Å²) in [6, 6.07) is 7.27. The molecule has 0 aliphatic heterocycles. The Morgan fingerprint density at radius 1 is 1.36 bits per heavy atom. The van der Waals surface area contributed by atoms with Crippen molar-refractivity contribution in [1.29, 1.82) is 0 Å². The summed E-state index contributed by atoms with van der Waals surface area (Å²) in [5.41, 5.74) is 5.26. The molecule has 0 aliphatic carbocycles. The van der Waals surface area contributed by atoms with Crippen LogP contribution < -0.4 is 5.73 Å². The van der Waals surface area contributed by atoms with Gasteiger partial charge in [0.05, 0.1) is 11.0 Å². The molecule has 1 aromatic carbocycles. The molecule has 1 amide bonds. The fraction of sp³-hybridized carbons (Fsp3) is 0. The summed E-state index contributed by atoms with van der Waals surface area (Å²) in [4.78, 5) is 11.4. The Bertz CT molecular complexity index is 773. The SMILES string of the molecule is NC(=O)c1ccc(F)cc1Br.O=S(=O)(O)/C=C/c1cccs1. The summed E-state index contributed by atoms with van der Waals surface area (Å²) in [6.45, 7) is 0. The highest BCUT2D eigenvalue weighted by Gasteiger charge is 2.05. The largest absolute Gasteiger partial charge is 0.366 e. The van der Waals surface area contributed by atoms with Crippen LogP contribution in [0.15, 0.2) is 45.6 Å². The summed E-state index contributed by atoms with van der Waals surface area (Å²) in [5.74, 6) is -0.973. The second kappa shape index (κ2) is 8.18. The van der Waals surface area contributed by atoms with E-state index in [1.807, 2.05) is 5.38 Å². The average molecular weight is 408 g/mol. The minimum Gasteiger partial charge on any atom is -0.366 e. The van der Waals surface area contributed by atoms with Gasteiger partial charge in [0.15, 0.2) is 0 Å². The van der Waals surface area contributed by atoms with Gasteiger partial charge < -0.3 is 5.73 Å². The molecule has 118 valence electrons. The first-order valence-corrected chi connectivity index (χ1v) is 8.80. The lowest BCUT2D eigenvalue weighted by Crippen LogP contribution is -2.11. The van der Waals surface area contributed by atoms with Crippen LogP contribution in [0.5, 0.6) is 0 Å². The van der Waals surface area contributed by atoms with Crippen LogP contribution in [0.3, 0.4) is 0 Å². The Labute approximate surface area is 139 Å². The van der Waals surface area contributed by atoms with Crippen LogP contribution in [0.25, 0.3) is 6.08 Å². The molecule has 0 bridgehead atoms. The van der Waals surface area contributed by atoms with E-state index in [0.717, 1.165) is 10.3 Å². The zero-order valence-electron chi connectivity index (χ0n) is 10.9. The van der Waals surface area contributed by atoms with Crippen molar-refractivity contribution >= 4 is 49.4 Å². The van der Waals surface area contributed by atoms with Crippen LogP contribution >= 0.6 is 27.3 Å². The Morgan fingerprint density at radius 3 is 2.50 bits per heavy atom. The van der Waals surface area contributed by atoms with Crippen LogP contribution in [-0.2, 0) is 10.1 Å². The first-order chi connectivity index (χ1) is 10.2. The number of thiophene rings is 1. The molecule has 0 saturated carbocycles. The summed E-state index contributed by atoms with van der Waals surface area (Å²) < 4.78 is 41.5. The summed E-state index contributed by atoms with van der Waals surface area (Å²) >= 11 is 4.41. The van der Waals surface area contributed by atoms with Gasteiger partial charge in [0.1, 0.15) is 5.82 Å². The summed E-state index contributed by atoms with van der Waals surface area (Å²) in [6.07, 6.45) is 1.35. The molecule has 1 aromatic heterocycles. The van der Waals surface area contributed by atoms with E-state index >= 15 is 0 Å². The van der Waals surface area contributed by atoms with Crippen molar-refractivity contribution in [3.63, 3.8) is 0 Å². The molecule has 0 spiro atoms. The minimum absolute atomic E-state index is 0.284. The van der Waals surface area contributed by atoms with Crippen LogP contribution in [-0.4, -0.2) is 18.9 Å². The Balaban J connectivity index is 0.000000220. The quantitative estimate of drug-likeness (QED) is 0.762. The molecular weight excluding hydrogens is 397 g/mol. The number of halogens is 2. The summed E-state index contributed by atoms with van der Waals surface area (Å²) in [7, 11) is -3.97. The lowest BCUT2D eigenvalue weighted by molar-refractivity contribution is 0.0999. The first-order valence-electron chi connectivity index (χ1n) is 5.63. The molecule has 0 saturated heterocycles. The molecule has 5 nitrogen and oxygen atoms in total. The number of hydrogen-bond acceptors (Lipinski definition) is 4. The van der Waals surface area contributed by atoms with Gasteiger partial charge in [0.25, 0.3) is 10.1 Å². The molecule has 22 heavy (non-hydrogen) atoms. The monoisotopic (exact) mass is 407 g/mol. The first kappa shape index (κ1) is 18.5. The van der Waals surface area contributed by atoms with Gasteiger partial charge >= 0.3 is 0 Å². The van der Waals surface area contributed by atoms with E-state index < -0.39 is 21.8 Å². The van der Waals surface area contributed by atoms with Crippen molar-refractivity contribution in [2.24, 2.45) is 5.73 Å². The van der Waals surface area contributed by atoms with E-state index in [2.05, 4.69) is 15.9 Å². The third kappa shape index (κ3) is 6.94. The van der Waals surface area contributed by atoms with Crippen molar-refractivity contribution < 1.29 is 22.2 Å². The second-order valence-corrected chi connectivity index (χ2v) is 6.96. The van der Waals surface area contributed by atoms with Gasteiger partial charge in [0.2, 0.25) is 5.91 Å². The zero-order valence-corrected chi connectivity index (χ0v) is 14.2. The van der Waals surface area contributed by atoms with Crippen molar-refractivity contribution in [3.8, 4) is 0 Å². The number of carbonyl (C=O) groups excluding carboxylic acids is 1. The lowest BCUT2D eigenvalue weighted by atomic mass is 10.2. The van der Waals surface area contributed by atoms with Gasteiger partial charge in [-0.1, -0.05) is 6.07 Å². The Kier molecular flexibility index (Phi) is 6.88. The Morgan fingerprint density at radius 2 is 2.05 bits per heavy atom. The maximum absolute atomic E-state index is 12.4. The molecule has 0 atom stereocenters. The van der Waals surface area contributed by atoms with E-state index in [9.17, 15) is 17.6 Å². The van der Waals surface area contributed by atoms with Crippen LogP contribution in [0.4, 0.5) is 4.39 Å². The third-order valence-electron chi connectivity index (χ3n) is 2.14. The van der Waals surface area contributed by atoms with Gasteiger partial charge in [-0.25, -0.2) is 4.39 Å². The molecule has 9 heteroatoms. The predicted octanol–water partition coefficient (Wildman–Crippen LogP) is 3.29. The molecular formula is C13H11BrFNO4S2. The Hall–Kier alpha value is -1.55. The number of nitrogens with two attached hydrogens (primary N) is 1. The molecule has 0 unspecified atom stereocenters. The molecule has 3 N–H and O–H groups in total. The number of amides is 1. The average Bonchev–Trinajstić information content (AvgIpc) is 2.89. The highest BCUT2D eigenvalue weighted by Crippen LogP contribution is 2.16. The van der Waals surface area contributed by atoms with Gasteiger partial charge in [-0.3, -0.25) is 9.35 Å². The lowest BCUT2D eigenvalue weighted by Gasteiger charge is -1.97. The number of hydrogen-bond donors (Lipinski definition) is 2. The van der Waals surface area contributed by atoms with Crippen molar-refractivity contribution in [2.75, 3.05) is 0 Å². The number of benzene rings is 1. The standard InChI is InChI=1S/C7H5BrFNO.C6H6O3S2/c8-6-3-4(9)1-2-5(6)7(10)11;7-11(8,9)5-3-6-2-1-4-10-6/h1-3H,(H2,10,11);1-5H,(H,7,8,9)/b;5-3+.